The van der Waals surface area contributed by atoms with Crippen molar-refractivity contribution in [3.63, 3.8) is 0 Å². The summed E-state index contributed by atoms with van der Waals surface area (Å²) in [5, 5.41) is 0. The Labute approximate surface area is 654 Å². The molecule has 0 bridgehead atoms. The maximum absolute atomic E-state index is 7.07. The Balaban J connectivity index is 1.30. The van der Waals surface area contributed by atoms with Crippen LogP contribution in [0.25, 0.3) is 43.1 Å². The van der Waals surface area contributed by atoms with Crippen molar-refractivity contribution < 1.29 is 28.4 Å². The van der Waals surface area contributed by atoms with Crippen LogP contribution in [0.5, 0.6) is 34.5 Å². The summed E-state index contributed by atoms with van der Waals surface area (Å²) in [5.74, 6) is 21.1. The van der Waals surface area contributed by atoms with Gasteiger partial charge in [-0.2, -0.15) is 0 Å². The van der Waals surface area contributed by atoms with Gasteiger partial charge in [0.05, 0.1) is 49.4 Å². The van der Waals surface area contributed by atoms with Crippen LogP contribution >= 0.6 is 22.7 Å². The first-order chi connectivity index (χ1) is 52.2. The first kappa shape index (κ1) is 86.7. The third kappa shape index (κ3) is 31.6. The smallest absolute Gasteiger partial charge is 0.161 e. The molecule has 0 fully saturated rings. The van der Waals surface area contributed by atoms with Crippen LogP contribution in [-0.4, -0.2) is 39.6 Å². The van der Waals surface area contributed by atoms with Crippen molar-refractivity contribution in [2.45, 2.75) is 300 Å². The van der Waals surface area contributed by atoms with E-state index in [-0.39, 0.29) is 0 Å². The van der Waals surface area contributed by atoms with Crippen LogP contribution in [0.4, 0.5) is 0 Å². The van der Waals surface area contributed by atoms with Crippen LogP contribution in [0.1, 0.15) is 321 Å². The van der Waals surface area contributed by atoms with E-state index in [4.69, 9.17) is 28.4 Å². The fourth-order valence-electron chi connectivity index (χ4n) is 13.9. The molecule has 0 aliphatic carbocycles. The molecule has 578 valence electrons. The quantitative estimate of drug-likeness (QED) is 0.0280. The Morgan fingerprint density at radius 3 is 0.877 bits per heavy atom. The highest BCUT2D eigenvalue weighted by atomic mass is 32.1. The Kier molecular flexibility index (Phi) is 42.9. The fraction of sp³-hybridized carbons (Fsp3) is 0.571. The van der Waals surface area contributed by atoms with Gasteiger partial charge in [0.25, 0.3) is 0 Å². The van der Waals surface area contributed by atoms with E-state index in [1.165, 1.54) is 167 Å². The summed E-state index contributed by atoms with van der Waals surface area (Å²) in [5.41, 5.74) is 8.48. The molecule has 4 unspecified atom stereocenters. The van der Waals surface area contributed by atoms with Gasteiger partial charge in [-0.3, -0.25) is 0 Å². The van der Waals surface area contributed by atoms with E-state index in [0.29, 0.717) is 50.1 Å². The molecule has 7 rings (SSSR count). The Bertz CT molecular complexity index is 3370. The van der Waals surface area contributed by atoms with Crippen LogP contribution in [-0.2, 0) is 0 Å². The number of benzene rings is 5. The van der Waals surface area contributed by atoms with Crippen molar-refractivity contribution in [3.05, 3.63) is 142 Å². The summed E-state index contributed by atoms with van der Waals surface area (Å²) in [6, 6.07) is 43.9. The molecule has 0 spiro atoms. The average molecular weight is 1480 g/mol. The minimum Gasteiger partial charge on any atom is -0.494 e. The van der Waals surface area contributed by atoms with Gasteiger partial charge in [-0.25, -0.2) is 0 Å². The standard InChI is InChI=1S/C98H138O6S2/c1-11-21-27-29-31-33-35-37-39-41-67-99-85-55-47-81(48-56-85)51-59-87-61-65-97(105-87)91-71-90(84-54-64-94(102-74-78(18-8)44-24-14-4)96(70-84)104-76-80(20-10)46-26-16-6)92(72-89(91)83-53-63-93(101-73-77(17-7)43-23-13-3)95(69-83)103-75-79(19-9)45-25-15-5)98-66-62-88(106-98)60-52-82-49-57-86(58-50-82)100-68-42-40-38-36-34-32-30-28-22-12-2/h47-50,53-58,61-66,69-72,77-80H,11-46,67-68,73-76H2,1-10H3. The van der Waals surface area contributed by atoms with Crippen LogP contribution in [0.15, 0.2) is 121 Å². The van der Waals surface area contributed by atoms with Crippen LogP contribution in [0.3, 0.4) is 0 Å². The molecule has 0 amide bonds. The number of ether oxygens (including phenoxy) is 6. The van der Waals surface area contributed by atoms with Crippen molar-refractivity contribution in [3.8, 4) is 101 Å². The van der Waals surface area contributed by atoms with Crippen molar-refractivity contribution in [2.24, 2.45) is 23.7 Å². The number of hydrogen-bond donors (Lipinski definition) is 0. The van der Waals surface area contributed by atoms with E-state index >= 15 is 0 Å². The van der Waals surface area contributed by atoms with Gasteiger partial charge in [0, 0.05) is 32.0 Å². The number of thiophene rings is 2. The molecule has 2 aromatic heterocycles. The summed E-state index contributed by atoms with van der Waals surface area (Å²) >= 11 is 3.48. The largest absolute Gasteiger partial charge is 0.494 e. The van der Waals surface area contributed by atoms with Crippen molar-refractivity contribution in [2.75, 3.05) is 39.6 Å². The lowest BCUT2D eigenvalue weighted by Crippen LogP contribution is -2.14. The molecule has 0 aliphatic heterocycles. The summed E-state index contributed by atoms with van der Waals surface area (Å²) < 4.78 is 40.4. The predicted octanol–water partition coefficient (Wildman–Crippen LogP) is 30.3. The molecule has 0 saturated carbocycles. The van der Waals surface area contributed by atoms with Gasteiger partial charge in [-0.15, -0.1) is 22.7 Å². The van der Waals surface area contributed by atoms with Gasteiger partial charge in [-0.1, -0.05) is 298 Å². The fourth-order valence-corrected chi connectivity index (χ4v) is 15.7. The highest BCUT2D eigenvalue weighted by molar-refractivity contribution is 7.16. The first-order valence-corrected chi connectivity index (χ1v) is 44.5. The first-order valence-electron chi connectivity index (χ1n) is 42.8. The van der Waals surface area contributed by atoms with E-state index in [1.54, 1.807) is 22.7 Å². The minimum atomic E-state index is 0.444. The molecule has 106 heavy (non-hydrogen) atoms. The zero-order chi connectivity index (χ0) is 75.0. The van der Waals surface area contributed by atoms with Crippen molar-refractivity contribution in [1.29, 1.82) is 0 Å². The van der Waals surface area contributed by atoms with Gasteiger partial charge in [-0.05, 0) is 194 Å². The normalized spacial score (nSPS) is 12.4. The predicted molar refractivity (Wildman–Crippen MR) is 459 cm³/mol. The zero-order valence-electron chi connectivity index (χ0n) is 67.8. The Hall–Kier alpha value is -6.58. The molecule has 6 nitrogen and oxygen atoms in total. The maximum atomic E-state index is 7.07. The Morgan fingerprint density at radius 1 is 0.264 bits per heavy atom. The second-order valence-electron chi connectivity index (χ2n) is 30.1. The molecule has 2 heterocycles. The average Bonchev–Trinajstić information content (AvgIpc) is 1.33. The van der Waals surface area contributed by atoms with Crippen LogP contribution < -0.4 is 28.4 Å². The van der Waals surface area contributed by atoms with E-state index < -0.39 is 0 Å². The van der Waals surface area contributed by atoms with E-state index in [2.05, 4.69) is 214 Å². The molecule has 0 aliphatic rings. The maximum Gasteiger partial charge on any atom is 0.161 e. The third-order valence-corrected chi connectivity index (χ3v) is 23.5. The molecule has 0 saturated heterocycles. The highest BCUT2D eigenvalue weighted by Gasteiger charge is 2.23. The Morgan fingerprint density at radius 2 is 0.566 bits per heavy atom. The highest BCUT2D eigenvalue weighted by Crippen LogP contribution is 2.48. The second kappa shape index (κ2) is 52.5. The summed E-state index contributed by atoms with van der Waals surface area (Å²) in [6.07, 6.45) is 44.5. The van der Waals surface area contributed by atoms with Gasteiger partial charge < -0.3 is 28.4 Å². The van der Waals surface area contributed by atoms with Gasteiger partial charge in [0.15, 0.2) is 23.0 Å². The molecular formula is C98H138O6S2. The SMILES string of the molecule is CCCCCCCCCCCCOc1ccc(C#Cc2ccc(-c3cc(-c4ccc(OCC(CC)CCCC)c(OCC(CC)CCCC)c4)c(-c4ccc(C#Cc5ccc(OCCCCCCCCCCCC)cc5)s4)cc3-c3ccc(OCC(CC)CCCC)c(OCC(CC)CCCC)c3)s2)cc1. The second-order valence-corrected chi connectivity index (χ2v) is 32.3. The number of rotatable bonds is 56. The minimum absolute atomic E-state index is 0.444. The van der Waals surface area contributed by atoms with Crippen LogP contribution in [0.2, 0.25) is 0 Å². The van der Waals surface area contributed by atoms with E-state index in [1.807, 2.05) is 0 Å². The van der Waals surface area contributed by atoms with Crippen molar-refractivity contribution in [1.82, 2.24) is 0 Å². The molecule has 0 radical (unpaired) electrons. The van der Waals surface area contributed by atoms with Crippen molar-refractivity contribution >= 4 is 22.7 Å². The molecule has 0 N–H and O–H groups in total. The van der Waals surface area contributed by atoms with Gasteiger partial charge in [0.1, 0.15) is 11.5 Å². The number of unbranched alkanes of at least 4 members (excludes halogenated alkanes) is 22. The molecule has 7 aromatic rings. The summed E-state index contributed by atoms with van der Waals surface area (Å²) in [4.78, 5) is 4.24. The third-order valence-electron chi connectivity index (χ3n) is 21.4. The van der Waals surface area contributed by atoms with Crippen LogP contribution in [0, 0.1) is 47.4 Å². The lowest BCUT2D eigenvalue weighted by Gasteiger charge is -2.22. The summed E-state index contributed by atoms with van der Waals surface area (Å²) in [7, 11) is 0. The van der Waals surface area contributed by atoms with Gasteiger partial charge in [0.2, 0.25) is 0 Å². The lowest BCUT2D eigenvalue weighted by molar-refractivity contribution is 0.199. The van der Waals surface area contributed by atoms with Gasteiger partial charge >= 0.3 is 0 Å². The van der Waals surface area contributed by atoms with E-state index in [9.17, 15) is 0 Å². The molecule has 4 atom stereocenters. The monoisotopic (exact) mass is 1470 g/mol. The molecule has 5 aromatic carbocycles. The van der Waals surface area contributed by atoms with E-state index in [0.717, 1.165) is 176 Å². The molecule has 8 heteroatoms. The zero-order valence-corrected chi connectivity index (χ0v) is 69.5. The molecular weight excluding hydrogens is 1340 g/mol. The summed E-state index contributed by atoms with van der Waals surface area (Å²) in [6.45, 7) is 27.0. The number of hydrogen-bond acceptors (Lipinski definition) is 8. The topological polar surface area (TPSA) is 55.4 Å². The lowest BCUT2D eigenvalue weighted by atomic mass is 9.89.